The number of carboxylic acid groups (broad SMARTS) is 1. The van der Waals surface area contributed by atoms with Gasteiger partial charge in [0.15, 0.2) is 5.71 Å². The number of hydrogen-bond acceptors (Lipinski definition) is 4. The molecular formula is C13H15NO5S. The van der Waals surface area contributed by atoms with E-state index in [0.717, 1.165) is 5.71 Å². The third-order valence-corrected chi connectivity index (χ3v) is 4.65. The maximum Gasteiger partial charge on any atom is 0.370 e. The van der Waals surface area contributed by atoms with E-state index in [1.165, 1.54) is 18.2 Å². The molecule has 1 aliphatic heterocycles. The van der Waals surface area contributed by atoms with Crippen LogP contribution < -0.4 is 0 Å². The van der Waals surface area contributed by atoms with E-state index in [0.29, 0.717) is 11.3 Å². The summed E-state index contributed by atoms with van der Waals surface area (Å²) >= 11 is 0. The maximum absolute atomic E-state index is 11.1. The Kier molecular flexibility index (Phi) is 3.22. The summed E-state index contributed by atoms with van der Waals surface area (Å²) in [6, 6.07) is 4.04. The van der Waals surface area contributed by atoms with Crippen LogP contribution in [0.25, 0.3) is 0 Å². The monoisotopic (exact) mass is 297 g/mol. The van der Waals surface area contributed by atoms with Crippen LogP contribution in [0.4, 0.5) is 5.69 Å². The number of hydrogen-bond donors (Lipinski definition) is 1. The van der Waals surface area contributed by atoms with Crippen LogP contribution in [0.15, 0.2) is 23.1 Å². The van der Waals surface area contributed by atoms with Crippen molar-refractivity contribution in [1.29, 1.82) is 0 Å². The van der Waals surface area contributed by atoms with Crippen LogP contribution in [-0.2, 0) is 20.3 Å². The van der Waals surface area contributed by atoms with Crippen LogP contribution >= 0.6 is 0 Å². The molecule has 1 aromatic carbocycles. The number of fused-ring (bicyclic) bond motifs is 1. The van der Waals surface area contributed by atoms with E-state index >= 15 is 0 Å². The van der Waals surface area contributed by atoms with Gasteiger partial charge in [0.2, 0.25) is 12.2 Å². The summed E-state index contributed by atoms with van der Waals surface area (Å²) in [7, 11) is -4.53. The van der Waals surface area contributed by atoms with Crippen LogP contribution in [-0.4, -0.2) is 40.9 Å². The fraction of sp³-hybridized carbons (Fsp3) is 0.385. The molecule has 0 bridgehead atoms. The summed E-state index contributed by atoms with van der Waals surface area (Å²) in [6.07, 6.45) is 0. The zero-order valence-corrected chi connectivity index (χ0v) is 12.2. The summed E-state index contributed by atoms with van der Waals surface area (Å²) in [6.45, 7) is 5.33. The molecule has 108 valence electrons. The predicted octanol–water partition coefficient (Wildman–Crippen LogP) is 1.07. The molecule has 0 amide bonds. The first kappa shape index (κ1) is 14.7. The highest BCUT2D eigenvalue weighted by molar-refractivity contribution is 7.85. The van der Waals surface area contributed by atoms with Gasteiger partial charge in [-0.1, -0.05) is 0 Å². The Hall–Kier alpha value is -1.73. The van der Waals surface area contributed by atoms with Crippen molar-refractivity contribution in [2.75, 3.05) is 6.54 Å². The van der Waals surface area contributed by atoms with Crippen molar-refractivity contribution < 1.29 is 27.4 Å². The smallest absolute Gasteiger partial charge is 0.370 e. The quantitative estimate of drug-likeness (QED) is 0.665. The number of nitrogens with zero attached hydrogens (tertiary/aromatic N) is 1. The number of carboxylic acids is 1. The minimum atomic E-state index is -4.53. The topological polar surface area (TPSA) is 97.5 Å². The average molecular weight is 297 g/mol. The molecule has 0 saturated carbocycles. The van der Waals surface area contributed by atoms with E-state index in [1.807, 2.05) is 13.8 Å². The molecule has 0 radical (unpaired) electrons. The van der Waals surface area contributed by atoms with Gasteiger partial charge in [-0.2, -0.15) is 4.58 Å². The van der Waals surface area contributed by atoms with E-state index in [1.54, 1.807) is 11.5 Å². The van der Waals surface area contributed by atoms with Crippen molar-refractivity contribution in [3.8, 4) is 0 Å². The van der Waals surface area contributed by atoms with Gasteiger partial charge >= 0.3 is 5.97 Å². The normalized spacial score (nSPS) is 17.2. The van der Waals surface area contributed by atoms with Crippen molar-refractivity contribution in [1.82, 2.24) is 0 Å². The first-order valence-corrected chi connectivity index (χ1v) is 7.40. The van der Waals surface area contributed by atoms with E-state index < -0.39 is 21.5 Å². The molecule has 1 aliphatic rings. The summed E-state index contributed by atoms with van der Waals surface area (Å²) in [5, 5.41) is 8.97. The van der Waals surface area contributed by atoms with Crippen LogP contribution in [0.5, 0.6) is 0 Å². The van der Waals surface area contributed by atoms with Crippen molar-refractivity contribution in [3.05, 3.63) is 23.8 Å². The van der Waals surface area contributed by atoms with Gasteiger partial charge in [-0.25, -0.2) is 13.2 Å². The Bertz CT molecular complexity index is 731. The minimum absolute atomic E-state index is 0.203. The third kappa shape index (κ3) is 2.23. The highest BCUT2D eigenvalue weighted by Gasteiger charge is 2.43. The summed E-state index contributed by atoms with van der Waals surface area (Å²) in [5.41, 5.74) is 1.55. The first-order chi connectivity index (χ1) is 9.05. The molecule has 6 nitrogen and oxygen atoms in total. The van der Waals surface area contributed by atoms with E-state index in [-0.39, 0.29) is 11.4 Å². The van der Waals surface area contributed by atoms with Crippen molar-refractivity contribution in [3.63, 3.8) is 0 Å². The number of carbonyl (C=O) groups is 1. The van der Waals surface area contributed by atoms with Gasteiger partial charge in [-0.05, 0) is 26.0 Å². The minimum Gasteiger partial charge on any atom is -0.744 e. The molecule has 7 heteroatoms. The Labute approximate surface area is 117 Å². The first-order valence-electron chi connectivity index (χ1n) is 5.99. The second-order valence-electron chi connectivity index (χ2n) is 5.32. The van der Waals surface area contributed by atoms with Gasteiger partial charge in [-0.15, -0.1) is 0 Å². The second-order valence-corrected chi connectivity index (χ2v) is 6.70. The highest BCUT2D eigenvalue weighted by Crippen LogP contribution is 2.40. The zero-order valence-electron chi connectivity index (χ0n) is 11.4. The maximum atomic E-state index is 11.1. The van der Waals surface area contributed by atoms with Crippen molar-refractivity contribution in [2.24, 2.45) is 0 Å². The molecule has 0 atom stereocenters. The molecule has 0 aromatic heterocycles. The van der Waals surface area contributed by atoms with Crippen LogP contribution in [0.1, 0.15) is 26.3 Å². The largest absolute Gasteiger partial charge is 0.744 e. The summed E-state index contributed by atoms with van der Waals surface area (Å²) in [4.78, 5) is 10.7. The lowest BCUT2D eigenvalue weighted by Gasteiger charge is -2.16. The zero-order chi connectivity index (χ0) is 15.3. The Morgan fingerprint density at radius 3 is 2.50 bits per heavy atom. The van der Waals surface area contributed by atoms with Gasteiger partial charge in [0.1, 0.15) is 10.1 Å². The standard InChI is InChI=1S/C13H15NO5S/c1-8-13(2,3)10-6-9(20(17,18)19)4-5-11(10)14(8)7-12(15)16/h4-6H,7H2,1-3H3,(H-,15,16,17,18,19). The van der Waals surface area contributed by atoms with Gasteiger partial charge < -0.3 is 9.66 Å². The van der Waals surface area contributed by atoms with Crippen LogP contribution in [0.2, 0.25) is 0 Å². The summed E-state index contributed by atoms with van der Waals surface area (Å²) in [5.74, 6) is -0.978. The second kappa shape index (κ2) is 4.39. The lowest BCUT2D eigenvalue weighted by Crippen LogP contribution is -2.28. The fourth-order valence-electron chi connectivity index (χ4n) is 2.46. The van der Waals surface area contributed by atoms with Crippen molar-refractivity contribution >= 4 is 27.5 Å². The summed E-state index contributed by atoms with van der Waals surface area (Å²) < 4.78 is 35.0. The molecule has 1 heterocycles. The van der Waals surface area contributed by atoms with Crippen molar-refractivity contribution in [2.45, 2.75) is 31.1 Å². The lowest BCUT2D eigenvalue weighted by atomic mass is 9.82. The molecule has 1 aromatic rings. The average Bonchev–Trinajstić information content (AvgIpc) is 2.49. The molecule has 1 N–H and O–H groups in total. The molecule has 20 heavy (non-hydrogen) atoms. The fourth-order valence-corrected chi connectivity index (χ4v) is 2.96. The van der Waals surface area contributed by atoms with Gasteiger partial charge in [0.25, 0.3) is 0 Å². The van der Waals surface area contributed by atoms with E-state index in [9.17, 15) is 17.8 Å². The highest BCUT2D eigenvalue weighted by atomic mass is 32.2. The molecule has 0 unspecified atom stereocenters. The Morgan fingerprint density at radius 2 is 2.00 bits per heavy atom. The number of rotatable bonds is 3. The SMILES string of the molecule is CC1=[N+](CC(=O)O)c2ccc(S(=O)(=O)[O-])cc2C1(C)C. The lowest BCUT2D eigenvalue weighted by molar-refractivity contribution is -0.429. The van der Waals surface area contributed by atoms with E-state index in [4.69, 9.17) is 5.11 Å². The van der Waals surface area contributed by atoms with E-state index in [2.05, 4.69) is 0 Å². The van der Waals surface area contributed by atoms with Crippen LogP contribution in [0, 0.1) is 0 Å². The number of aliphatic carboxylic acids is 1. The predicted molar refractivity (Wildman–Crippen MR) is 70.5 cm³/mol. The van der Waals surface area contributed by atoms with Crippen LogP contribution in [0.3, 0.4) is 0 Å². The Morgan fingerprint density at radius 1 is 1.40 bits per heavy atom. The van der Waals surface area contributed by atoms with Gasteiger partial charge in [0.05, 0.1) is 10.3 Å². The Balaban J connectivity index is 2.66. The third-order valence-electron chi connectivity index (χ3n) is 3.82. The molecule has 0 saturated heterocycles. The van der Waals surface area contributed by atoms with Gasteiger partial charge in [0, 0.05) is 18.6 Å². The molecule has 0 aliphatic carbocycles. The van der Waals surface area contributed by atoms with Gasteiger partial charge in [-0.3, -0.25) is 0 Å². The number of benzene rings is 1. The molecule has 2 rings (SSSR count). The molecule has 0 fully saturated rings. The molecular weight excluding hydrogens is 282 g/mol. The molecule has 0 spiro atoms.